The number of carbonyl (C=O) groups excluding carboxylic acids is 1. The van der Waals surface area contributed by atoms with Crippen LogP contribution in [0, 0.1) is 3.57 Å². The number of aromatic nitrogens is 1. The van der Waals surface area contributed by atoms with Crippen LogP contribution in [-0.4, -0.2) is 30.9 Å². The average molecular weight is 779 g/mol. The number of thiazole rings is 1. The number of hydrogen-bond acceptors (Lipinski definition) is 8. The molecule has 0 saturated carbocycles. The van der Waals surface area contributed by atoms with E-state index in [1.165, 1.54) is 11.3 Å². The molecule has 45 heavy (non-hydrogen) atoms. The zero-order valence-electron chi connectivity index (χ0n) is 24.9. The standard InChI is InChI=1S/C33H29Cl2IN2O6S/c1-5-42-24-11-8-19(9-12-24)29-28(32(40)43-6-2)18(3)37-33-38(29)31(39)27(45-33)14-21-13-23(36)16-26(41-4)30(21)44-17-20-7-10-22(34)15-25(20)35/h7-16,29H,5-6,17H2,1-4H3/b27-14-/t29-/m0/s1. The Morgan fingerprint density at radius 1 is 1.07 bits per heavy atom. The molecule has 0 radical (unpaired) electrons. The first-order chi connectivity index (χ1) is 21.6. The van der Waals surface area contributed by atoms with Gasteiger partial charge in [-0.15, -0.1) is 0 Å². The second-order valence-corrected chi connectivity index (χ2v) is 13.0. The minimum atomic E-state index is -0.744. The molecular formula is C33H29Cl2IN2O6S. The molecule has 0 N–H and O–H groups in total. The molecule has 0 unspecified atom stereocenters. The highest BCUT2D eigenvalue weighted by atomic mass is 127. The molecule has 1 aliphatic heterocycles. The first-order valence-corrected chi connectivity index (χ1v) is 16.7. The predicted octanol–water partition coefficient (Wildman–Crippen LogP) is 6.70. The summed E-state index contributed by atoms with van der Waals surface area (Å²) >= 11 is 15.9. The predicted molar refractivity (Wildman–Crippen MR) is 185 cm³/mol. The Morgan fingerprint density at radius 3 is 2.49 bits per heavy atom. The lowest BCUT2D eigenvalue weighted by Crippen LogP contribution is -2.39. The molecule has 5 rings (SSSR count). The second kappa shape index (κ2) is 14.4. The maximum absolute atomic E-state index is 14.2. The number of hydrogen-bond donors (Lipinski definition) is 0. The second-order valence-electron chi connectivity index (χ2n) is 9.86. The highest BCUT2D eigenvalue weighted by Gasteiger charge is 2.33. The van der Waals surface area contributed by atoms with Gasteiger partial charge >= 0.3 is 5.97 Å². The molecule has 0 aliphatic carbocycles. The largest absolute Gasteiger partial charge is 0.494 e. The fraction of sp³-hybridized carbons (Fsp3) is 0.242. The van der Waals surface area contributed by atoms with Crippen LogP contribution in [0.2, 0.25) is 10.0 Å². The number of halogens is 3. The summed E-state index contributed by atoms with van der Waals surface area (Å²) in [7, 11) is 1.56. The molecule has 0 saturated heterocycles. The number of nitrogens with zero attached hydrogens (tertiary/aromatic N) is 2. The van der Waals surface area contributed by atoms with Crippen LogP contribution >= 0.6 is 57.1 Å². The topological polar surface area (TPSA) is 88.4 Å². The van der Waals surface area contributed by atoms with Gasteiger partial charge < -0.3 is 18.9 Å². The van der Waals surface area contributed by atoms with Crippen LogP contribution in [0.4, 0.5) is 0 Å². The highest BCUT2D eigenvalue weighted by molar-refractivity contribution is 14.1. The molecule has 0 bridgehead atoms. The summed E-state index contributed by atoms with van der Waals surface area (Å²) in [4.78, 5) is 32.6. The van der Waals surface area contributed by atoms with Crippen molar-refractivity contribution in [3.05, 3.63) is 116 Å². The molecule has 0 fully saturated rings. The van der Waals surface area contributed by atoms with E-state index in [9.17, 15) is 9.59 Å². The van der Waals surface area contributed by atoms with Crippen molar-refractivity contribution in [2.24, 2.45) is 4.99 Å². The van der Waals surface area contributed by atoms with Gasteiger partial charge in [0.15, 0.2) is 16.3 Å². The Hall–Kier alpha value is -3.32. The van der Waals surface area contributed by atoms with Gasteiger partial charge in [-0.1, -0.05) is 52.7 Å². The zero-order chi connectivity index (χ0) is 32.2. The normalized spacial score (nSPS) is 14.6. The van der Waals surface area contributed by atoms with Crippen LogP contribution in [0.15, 0.2) is 75.7 Å². The van der Waals surface area contributed by atoms with Crippen LogP contribution < -0.4 is 29.1 Å². The van der Waals surface area contributed by atoms with E-state index in [-0.39, 0.29) is 18.8 Å². The summed E-state index contributed by atoms with van der Waals surface area (Å²) in [6, 6.07) is 15.5. The van der Waals surface area contributed by atoms with Gasteiger partial charge in [-0.25, -0.2) is 9.79 Å². The zero-order valence-corrected chi connectivity index (χ0v) is 29.3. The average Bonchev–Trinajstić information content (AvgIpc) is 3.30. The van der Waals surface area contributed by atoms with Gasteiger partial charge in [-0.2, -0.15) is 0 Å². The third kappa shape index (κ3) is 7.09. The molecule has 1 aromatic heterocycles. The Bertz CT molecular complexity index is 1970. The number of fused-ring (bicyclic) bond motifs is 1. The fourth-order valence-electron chi connectivity index (χ4n) is 4.95. The van der Waals surface area contributed by atoms with E-state index in [0.29, 0.717) is 60.1 Å². The lowest BCUT2D eigenvalue weighted by atomic mass is 9.96. The van der Waals surface area contributed by atoms with E-state index in [4.69, 9.17) is 42.1 Å². The third-order valence-corrected chi connectivity index (χ3v) is 9.16. The van der Waals surface area contributed by atoms with Crippen molar-refractivity contribution in [3.63, 3.8) is 0 Å². The van der Waals surface area contributed by atoms with Crippen molar-refractivity contribution >= 4 is 69.2 Å². The van der Waals surface area contributed by atoms with Crippen LogP contribution in [-0.2, 0) is 16.1 Å². The minimum Gasteiger partial charge on any atom is -0.494 e. The molecule has 4 aromatic rings. The molecule has 234 valence electrons. The number of carbonyl (C=O) groups is 1. The summed E-state index contributed by atoms with van der Waals surface area (Å²) in [5.41, 5.74) is 2.58. The Balaban J connectivity index is 1.65. The Morgan fingerprint density at radius 2 is 1.82 bits per heavy atom. The lowest BCUT2D eigenvalue weighted by Gasteiger charge is -2.24. The summed E-state index contributed by atoms with van der Waals surface area (Å²) in [5, 5.41) is 1.00. The lowest BCUT2D eigenvalue weighted by molar-refractivity contribution is -0.139. The van der Waals surface area contributed by atoms with Gasteiger partial charge in [-0.05, 0) is 91.4 Å². The van der Waals surface area contributed by atoms with Crippen molar-refractivity contribution in [2.45, 2.75) is 33.4 Å². The van der Waals surface area contributed by atoms with Crippen LogP contribution in [0.1, 0.15) is 43.5 Å². The number of methoxy groups -OCH3 is 1. The summed E-state index contributed by atoms with van der Waals surface area (Å²) < 4.78 is 25.8. The molecule has 12 heteroatoms. The van der Waals surface area contributed by atoms with E-state index < -0.39 is 12.0 Å². The quantitative estimate of drug-likeness (QED) is 0.132. The van der Waals surface area contributed by atoms with Crippen molar-refractivity contribution in [3.8, 4) is 17.2 Å². The van der Waals surface area contributed by atoms with E-state index in [0.717, 1.165) is 14.7 Å². The van der Waals surface area contributed by atoms with Crippen molar-refractivity contribution < 1.29 is 23.7 Å². The molecule has 1 atom stereocenters. The number of rotatable bonds is 10. The molecule has 2 heterocycles. The van der Waals surface area contributed by atoms with E-state index in [2.05, 4.69) is 27.6 Å². The van der Waals surface area contributed by atoms with Gasteiger partial charge in [0.1, 0.15) is 12.4 Å². The van der Waals surface area contributed by atoms with E-state index in [1.54, 1.807) is 49.8 Å². The smallest absolute Gasteiger partial charge is 0.338 e. The van der Waals surface area contributed by atoms with E-state index >= 15 is 0 Å². The first kappa shape index (κ1) is 33.1. The van der Waals surface area contributed by atoms with Gasteiger partial charge in [0.05, 0.1) is 42.2 Å². The summed E-state index contributed by atoms with van der Waals surface area (Å²) in [5.74, 6) is 1.11. The molecular weight excluding hydrogens is 750 g/mol. The van der Waals surface area contributed by atoms with E-state index in [1.807, 2.05) is 43.3 Å². The summed E-state index contributed by atoms with van der Waals surface area (Å²) in [6.07, 6.45) is 1.76. The maximum Gasteiger partial charge on any atom is 0.338 e. The number of ether oxygens (including phenoxy) is 4. The van der Waals surface area contributed by atoms with Crippen LogP contribution in [0.3, 0.4) is 0 Å². The van der Waals surface area contributed by atoms with Crippen LogP contribution in [0.25, 0.3) is 6.08 Å². The molecule has 0 amide bonds. The van der Waals surface area contributed by atoms with Gasteiger partial charge in [0, 0.05) is 24.7 Å². The number of allylic oxidation sites excluding steroid dienone is 1. The van der Waals surface area contributed by atoms with Crippen LogP contribution in [0.5, 0.6) is 17.2 Å². The molecule has 8 nitrogen and oxygen atoms in total. The molecule has 0 spiro atoms. The van der Waals surface area contributed by atoms with Gasteiger partial charge in [0.2, 0.25) is 0 Å². The highest BCUT2D eigenvalue weighted by Crippen LogP contribution is 2.36. The Labute approximate surface area is 287 Å². The number of benzene rings is 3. The van der Waals surface area contributed by atoms with Crippen molar-refractivity contribution in [1.82, 2.24) is 4.57 Å². The SMILES string of the molecule is CCOC(=O)C1=C(C)N=c2s/c(=C\c3cc(I)cc(OC)c3OCc3ccc(Cl)cc3Cl)c(=O)n2[C@H]1c1ccc(OCC)cc1. The van der Waals surface area contributed by atoms with Gasteiger partial charge in [0.25, 0.3) is 5.56 Å². The third-order valence-electron chi connectivity index (χ3n) is 6.97. The fourth-order valence-corrected chi connectivity index (χ4v) is 7.07. The number of esters is 1. The molecule has 1 aliphatic rings. The minimum absolute atomic E-state index is 0.148. The first-order valence-electron chi connectivity index (χ1n) is 14.0. The van der Waals surface area contributed by atoms with Crippen molar-refractivity contribution in [2.75, 3.05) is 20.3 Å². The van der Waals surface area contributed by atoms with Gasteiger partial charge in [-0.3, -0.25) is 9.36 Å². The van der Waals surface area contributed by atoms with Crippen molar-refractivity contribution in [1.29, 1.82) is 0 Å². The Kier molecular flexibility index (Phi) is 10.6. The summed E-state index contributed by atoms with van der Waals surface area (Å²) in [6.45, 7) is 6.25. The molecule has 3 aromatic carbocycles. The maximum atomic E-state index is 14.2. The monoisotopic (exact) mass is 778 g/mol.